The van der Waals surface area contributed by atoms with Crippen LogP contribution in [0.5, 0.6) is 0 Å². The third-order valence-electron chi connectivity index (χ3n) is 1.85. The van der Waals surface area contributed by atoms with Crippen molar-refractivity contribution in [3.8, 4) is 0 Å². The van der Waals surface area contributed by atoms with Gasteiger partial charge in [0.1, 0.15) is 0 Å². The van der Waals surface area contributed by atoms with Gasteiger partial charge in [0.25, 0.3) is 0 Å². The molecule has 0 N–H and O–H groups in total. The van der Waals surface area contributed by atoms with Gasteiger partial charge in [0.05, 0.1) is 11.6 Å². The van der Waals surface area contributed by atoms with Crippen LogP contribution in [0, 0.1) is 6.92 Å². The van der Waals surface area contributed by atoms with Gasteiger partial charge in [0.15, 0.2) is 5.96 Å². The number of guanidine groups is 1. The van der Waals surface area contributed by atoms with E-state index in [0.717, 1.165) is 11.0 Å². The van der Waals surface area contributed by atoms with Crippen LogP contribution in [-0.2, 0) is 6.54 Å². The third-order valence-corrected chi connectivity index (χ3v) is 2.74. The fourth-order valence-corrected chi connectivity index (χ4v) is 2.03. The molecule has 0 aromatic carbocycles. The molecule has 4 nitrogen and oxygen atoms in total. The summed E-state index contributed by atoms with van der Waals surface area (Å²) in [6, 6.07) is 0. The molecule has 0 bridgehead atoms. The molecule has 0 spiro atoms. The lowest BCUT2D eigenvalue weighted by Crippen LogP contribution is -2.35. The van der Waals surface area contributed by atoms with E-state index in [9.17, 15) is 0 Å². The average Bonchev–Trinajstić information content (AvgIpc) is 2.50. The summed E-state index contributed by atoms with van der Waals surface area (Å²) in [5.41, 5.74) is 0. The maximum atomic E-state index is 4.55. The molecule has 0 unspecified atom stereocenters. The number of thiazole rings is 1. The molecule has 92 valence electrons. The zero-order chi connectivity index (χ0) is 11.4. The quantitative estimate of drug-likeness (QED) is 0.463. The molecule has 6 heteroatoms. The molecular formula is C10H19IN4S. The molecule has 0 aliphatic rings. The monoisotopic (exact) mass is 354 g/mol. The SMILES string of the molecule is Cc1ncc(CN=C(N(C)C)N(C)C)s1.I. The first-order chi connectivity index (χ1) is 7.00. The standard InChI is InChI=1S/C10H18N4S.HI/c1-8-11-6-9(15-8)7-12-10(13(2)3)14(4)5;/h6H,7H2,1-5H3;1H. The van der Waals surface area contributed by atoms with Gasteiger partial charge < -0.3 is 9.80 Å². The van der Waals surface area contributed by atoms with Crippen LogP contribution in [0.1, 0.15) is 9.88 Å². The van der Waals surface area contributed by atoms with Crippen LogP contribution in [0.15, 0.2) is 11.2 Å². The number of aryl methyl sites for hydroxylation is 1. The van der Waals surface area contributed by atoms with Crippen molar-refractivity contribution in [2.24, 2.45) is 4.99 Å². The van der Waals surface area contributed by atoms with Gasteiger partial charge in [-0.25, -0.2) is 9.98 Å². The summed E-state index contributed by atoms with van der Waals surface area (Å²) >= 11 is 1.70. The van der Waals surface area contributed by atoms with Crippen molar-refractivity contribution < 1.29 is 0 Å². The third kappa shape index (κ3) is 4.65. The lowest BCUT2D eigenvalue weighted by molar-refractivity contribution is 0.479. The highest BCUT2D eigenvalue weighted by Crippen LogP contribution is 2.12. The van der Waals surface area contributed by atoms with Crippen LogP contribution in [0.3, 0.4) is 0 Å². The molecule has 0 saturated heterocycles. The van der Waals surface area contributed by atoms with Crippen molar-refractivity contribution >= 4 is 41.3 Å². The van der Waals surface area contributed by atoms with Crippen molar-refractivity contribution in [2.45, 2.75) is 13.5 Å². The lowest BCUT2D eigenvalue weighted by Gasteiger charge is -2.22. The highest BCUT2D eigenvalue weighted by atomic mass is 127. The first-order valence-corrected chi connectivity index (χ1v) is 5.62. The predicted molar refractivity (Wildman–Crippen MR) is 80.8 cm³/mol. The second kappa shape index (κ2) is 7.05. The Balaban J connectivity index is 0.00000225. The summed E-state index contributed by atoms with van der Waals surface area (Å²) < 4.78 is 0. The summed E-state index contributed by atoms with van der Waals surface area (Å²) in [5, 5.41) is 1.09. The van der Waals surface area contributed by atoms with Crippen LogP contribution in [0.25, 0.3) is 0 Å². The number of aromatic nitrogens is 1. The second-order valence-corrected chi connectivity index (χ2v) is 5.07. The molecule has 1 heterocycles. The first kappa shape index (κ1) is 15.6. The van der Waals surface area contributed by atoms with Crippen LogP contribution >= 0.6 is 35.3 Å². The van der Waals surface area contributed by atoms with Crippen molar-refractivity contribution in [1.29, 1.82) is 0 Å². The molecule has 0 aliphatic heterocycles. The van der Waals surface area contributed by atoms with E-state index in [0.29, 0.717) is 6.54 Å². The lowest BCUT2D eigenvalue weighted by atomic mass is 10.5. The van der Waals surface area contributed by atoms with Gasteiger partial charge in [-0.3, -0.25) is 0 Å². The van der Waals surface area contributed by atoms with E-state index in [4.69, 9.17) is 0 Å². The molecule has 0 saturated carbocycles. The molecule has 1 aromatic heterocycles. The van der Waals surface area contributed by atoms with E-state index in [-0.39, 0.29) is 24.0 Å². The fraction of sp³-hybridized carbons (Fsp3) is 0.600. The van der Waals surface area contributed by atoms with Crippen LogP contribution < -0.4 is 0 Å². The van der Waals surface area contributed by atoms with Crippen molar-refractivity contribution in [3.05, 3.63) is 16.1 Å². The minimum Gasteiger partial charge on any atom is -0.349 e. The summed E-state index contributed by atoms with van der Waals surface area (Å²) in [4.78, 5) is 14.0. The van der Waals surface area contributed by atoms with Gasteiger partial charge in [-0.15, -0.1) is 35.3 Å². The normalized spacial score (nSPS) is 9.31. The molecule has 16 heavy (non-hydrogen) atoms. The Morgan fingerprint density at radius 3 is 2.25 bits per heavy atom. The Labute approximate surface area is 118 Å². The van der Waals surface area contributed by atoms with E-state index in [1.54, 1.807) is 11.3 Å². The average molecular weight is 354 g/mol. The van der Waals surface area contributed by atoms with E-state index in [1.165, 1.54) is 4.88 Å². The van der Waals surface area contributed by atoms with Gasteiger partial charge in [-0.05, 0) is 6.92 Å². The van der Waals surface area contributed by atoms with Crippen molar-refractivity contribution in [3.63, 3.8) is 0 Å². The molecule has 0 aliphatic carbocycles. The van der Waals surface area contributed by atoms with E-state index in [2.05, 4.69) is 9.98 Å². The van der Waals surface area contributed by atoms with Gasteiger partial charge >= 0.3 is 0 Å². The van der Waals surface area contributed by atoms with Gasteiger partial charge in [0.2, 0.25) is 0 Å². The first-order valence-electron chi connectivity index (χ1n) is 4.81. The van der Waals surface area contributed by atoms with Crippen molar-refractivity contribution in [2.75, 3.05) is 28.2 Å². The van der Waals surface area contributed by atoms with Gasteiger partial charge in [-0.1, -0.05) is 0 Å². The summed E-state index contributed by atoms with van der Waals surface area (Å²) in [7, 11) is 7.99. The van der Waals surface area contributed by atoms with Crippen molar-refractivity contribution in [1.82, 2.24) is 14.8 Å². The minimum atomic E-state index is 0. The molecule has 0 atom stereocenters. The Kier molecular flexibility index (Phi) is 6.89. The second-order valence-electron chi connectivity index (χ2n) is 3.75. The maximum absolute atomic E-state index is 4.55. The Hall–Kier alpha value is -0.370. The number of hydrogen-bond donors (Lipinski definition) is 0. The number of aliphatic imine (C=N–C) groups is 1. The molecule has 1 aromatic rings. The Morgan fingerprint density at radius 1 is 1.31 bits per heavy atom. The van der Waals surface area contributed by atoms with E-state index < -0.39 is 0 Å². The highest BCUT2D eigenvalue weighted by Gasteiger charge is 2.04. The fourth-order valence-electron chi connectivity index (χ4n) is 1.31. The maximum Gasteiger partial charge on any atom is 0.195 e. The number of hydrogen-bond acceptors (Lipinski definition) is 3. The van der Waals surface area contributed by atoms with Crippen LogP contribution in [-0.4, -0.2) is 48.9 Å². The van der Waals surface area contributed by atoms with Gasteiger partial charge in [0, 0.05) is 39.3 Å². The zero-order valence-electron chi connectivity index (χ0n) is 10.4. The molecule has 0 radical (unpaired) electrons. The largest absolute Gasteiger partial charge is 0.349 e. The summed E-state index contributed by atoms with van der Waals surface area (Å²) in [5.74, 6) is 0.973. The minimum absolute atomic E-state index is 0. The highest BCUT2D eigenvalue weighted by molar-refractivity contribution is 14.0. The summed E-state index contributed by atoms with van der Waals surface area (Å²) in [6.45, 7) is 2.72. The molecule has 0 amide bonds. The Bertz CT molecular complexity index is 336. The van der Waals surface area contributed by atoms with Crippen LogP contribution in [0.2, 0.25) is 0 Å². The van der Waals surface area contributed by atoms with Gasteiger partial charge in [-0.2, -0.15) is 0 Å². The molecule has 1 rings (SSSR count). The molecular weight excluding hydrogens is 335 g/mol. The number of rotatable bonds is 2. The Morgan fingerprint density at radius 2 is 1.88 bits per heavy atom. The smallest absolute Gasteiger partial charge is 0.195 e. The summed E-state index contributed by atoms with van der Waals surface area (Å²) in [6.07, 6.45) is 1.90. The topological polar surface area (TPSA) is 31.7 Å². The van der Waals surface area contributed by atoms with E-state index >= 15 is 0 Å². The zero-order valence-corrected chi connectivity index (χ0v) is 13.5. The van der Waals surface area contributed by atoms with Crippen LogP contribution in [0.4, 0.5) is 0 Å². The number of nitrogens with zero attached hydrogens (tertiary/aromatic N) is 4. The van der Waals surface area contributed by atoms with E-state index in [1.807, 2.05) is 51.1 Å². The molecule has 0 fully saturated rings. The number of halogens is 1. The predicted octanol–water partition coefficient (Wildman–Crippen LogP) is 2.05.